The molecule has 8 heteroatoms. The van der Waals surface area contributed by atoms with Gasteiger partial charge in [0.15, 0.2) is 0 Å². The number of aromatic nitrogens is 1. The summed E-state index contributed by atoms with van der Waals surface area (Å²) in [7, 11) is 0. The average molecular weight is 395 g/mol. The van der Waals surface area contributed by atoms with E-state index in [9.17, 15) is 9.59 Å². The maximum atomic E-state index is 12.3. The summed E-state index contributed by atoms with van der Waals surface area (Å²) < 4.78 is 5.92. The average Bonchev–Trinajstić information content (AvgIpc) is 3.09. The predicted octanol–water partition coefficient (Wildman–Crippen LogP) is 1.05. The summed E-state index contributed by atoms with van der Waals surface area (Å²) in [6.07, 6.45) is 2.84. The first-order valence-corrected chi connectivity index (χ1v) is 10.2. The Balaban J connectivity index is 1.12. The number of para-hydroxylation sites is 1. The van der Waals surface area contributed by atoms with Crippen LogP contribution >= 0.6 is 0 Å². The predicted molar refractivity (Wildman–Crippen MR) is 108 cm³/mol. The SMILES string of the molecule is O=C(COC1CCC2NC3NC(=O)CN3CC2C1)Nc1ccc2ccccc2n1. The van der Waals surface area contributed by atoms with Crippen molar-refractivity contribution >= 4 is 28.5 Å². The summed E-state index contributed by atoms with van der Waals surface area (Å²) in [6, 6.07) is 11.9. The van der Waals surface area contributed by atoms with Crippen LogP contribution in [0.25, 0.3) is 10.9 Å². The molecule has 1 aromatic carbocycles. The summed E-state index contributed by atoms with van der Waals surface area (Å²) >= 11 is 0. The Kier molecular flexibility index (Phi) is 4.91. The molecule has 0 bridgehead atoms. The second-order valence-electron chi connectivity index (χ2n) is 8.12. The van der Waals surface area contributed by atoms with E-state index in [2.05, 4.69) is 25.8 Å². The van der Waals surface area contributed by atoms with E-state index in [1.807, 2.05) is 30.3 Å². The van der Waals surface area contributed by atoms with Crippen LogP contribution < -0.4 is 16.0 Å². The minimum Gasteiger partial charge on any atom is -0.368 e. The number of pyridine rings is 1. The van der Waals surface area contributed by atoms with E-state index in [0.717, 1.165) is 36.7 Å². The van der Waals surface area contributed by atoms with Crippen molar-refractivity contribution in [3.63, 3.8) is 0 Å². The number of rotatable bonds is 4. The monoisotopic (exact) mass is 395 g/mol. The number of nitrogens with one attached hydrogen (secondary N) is 3. The Labute approximate surface area is 169 Å². The van der Waals surface area contributed by atoms with E-state index < -0.39 is 0 Å². The van der Waals surface area contributed by atoms with Crippen molar-refractivity contribution in [3.8, 4) is 0 Å². The molecule has 152 valence electrons. The van der Waals surface area contributed by atoms with Crippen molar-refractivity contribution in [3.05, 3.63) is 36.4 Å². The minimum absolute atomic E-state index is 0.0242. The van der Waals surface area contributed by atoms with Crippen LogP contribution in [0.15, 0.2) is 36.4 Å². The van der Waals surface area contributed by atoms with E-state index in [-0.39, 0.29) is 30.8 Å². The molecule has 1 aliphatic carbocycles. The summed E-state index contributed by atoms with van der Waals surface area (Å²) in [4.78, 5) is 30.5. The third-order valence-corrected chi connectivity index (χ3v) is 6.10. The highest BCUT2D eigenvalue weighted by Crippen LogP contribution is 2.31. The zero-order chi connectivity index (χ0) is 19.8. The van der Waals surface area contributed by atoms with E-state index in [4.69, 9.17) is 4.74 Å². The molecule has 0 radical (unpaired) electrons. The van der Waals surface area contributed by atoms with E-state index in [0.29, 0.717) is 24.3 Å². The maximum absolute atomic E-state index is 12.3. The maximum Gasteiger partial charge on any atom is 0.251 e. The molecule has 5 rings (SSSR count). The number of amides is 2. The van der Waals surface area contributed by atoms with Gasteiger partial charge in [0.05, 0.1) is 18.2 Å². The number of ether oxygens (including phenoxy) is 1. The van der Waals surface area contributed by atoms with E-state index >= 15 is 0 Å². The molecule has 2 aromatic rings. The van der Waals surface area contributed by atoms with Crippen LogP contribution in [0.3, 0.4) is 0 Å². The molecule has 2 saturated heterocycles. The normalized spacial score (nSPS) is 29.2. The molecule has 3 aliphatic rings. The highest BCUT2D eigenvalue weighted by molar-refractivity contribution is 5.92. The lowest BCUT2D eigenvalue weighted by molar-refractivity contribution is -0.124. The molecular formula is C21H25N5O3. The first-order valence-electron chi connectivity index (χ1n) is 10.2. The molecule has 3 N–H and O–H groups in total. The number of carbonyl (C=O) groups excluding carboxylic acids is 2. The lowest BCUT2D eigenvalue weighted by Crippen LogP contribution is -2.62. The van der Waals surface area contributed by atoms with Crippen molar-refractivity contribution < 1.29 is 14.3 Å². The van der Waals surface area contributed by atoms with Gasteiger partial charge in [-0.3, -0.25) is 19.8 Å². The second-order valence-corrected chi connectivity index (χ2v) is 8.12. The standard InChI is InChI=1S/C21H25N5O3/c27-19-11-26-10-14-9-15(6-7-17(14)23-21(26)25-19)29-12-20(28)24-18-8-5-13-3-1-2-4-16(13)22-18/h1-5,8,14-15,17,21,23H,6-7,9-12H2,(H,25,27)(H,22,24,28). The van der Waals surface area contributed by atoms with Crippen LogP contribution in [0.2, 0.25) is 0 Å². The van der Waals surface area contributed by atoms with E-state index in [1.165, 1.54) is 0 Å². The molecule has 1 saturated carbocycles. The molecule has 2 aliphatic heterocycles. The van der Waals surface area contributed by atoms with Gasteiger partial charge in [-0.15, -0.1) is 0 Å². The van der Waals surface area contributed by atoms with Crippen molar-refractivity contribution in [1.82, 2.24) is 20.5 Å². The van der Waals surface area contributed by atoms with Gasteiger partial charge in [-0.2, -0.15) is 0 Å². The van der Waals surface area contributed by atoms with Crippen LogP contribution in [0.1, 0.15) is 19.3 Å². The second kappa shape index (κ2) is 7.70. The number of hydrogen-bond acceptors (Lipinski definition) is 6. The van der Waals surface area contributed by atoms with Gasteiger partial charge in [-0.05, 0) is 43.4 Å². The first-order chi connectivity index (χ1) is 14.1. The van der Waals surface area contributed by atoms with Gasteiger partial charge in [0.25, 0.3) is 5.91 Å². The highest BCUT2D eigenvalue weighted by atomic mass is 16.5. The molecule has 3 fully saturated rings. The van der Waals surface area contributed by atoms with Crippen LogP contribution in [0.4, 0.5) is 5.82 Å². The van der Waals surface area contributed by atoms with Crippen LogP contribution in [-0.4, -0.2) is 59.8 Å². The number of hydrogen-bond donors (Lipinski definition) is 3. The fraction of sp³-hybridized carbons (Fsp3) is 0.476. The lowest BCUT2D eigenvalue weighted by atomic mass is 9.81. The quantitative estimate of drug-likeness (QED) is 0.716. The molecular weight excluding hydrogens is 370 g/mol. The van der Waals surface area contributed by atoms with E-state index in [1.54, 1.807) is 6.07 Å². The summed E-state index contributed by atoms with van der Waals surface area (Å²) in [5.74, 6) is 0.858. The molecule has 1 aromatic heterocycles. The van der Waals surface area contributed by atoms with Crippen molar-refractivity contribution in [1.29, 1.82) is 0 Å². The third-order valence-electron chi connectivity index (χ3n) is 6.10. The zero-order valence-electron chi connectivity index (χ0n) is 16.1. The molecule has 8 nitrogen and oxygen atoms in total. The number of benzene rings is 1. The smallest absolute Gasteiger partial charge is 0.251 e. The van der Waals surface area contributed by atoms with Crippen LogP contribution in [0, 0.1) is 5.92 Å². The van der Waals surface area contributed by atoms with Gasteiger partial charge < -0.3 is 15.4 Å². The van der Waals surface area contributed by atoms with Crippen molar-refractivity contribution in [2.75, 3.05) is 25.0 Å². The van der Waals surface area contributed by atoms with Crippen molar-refractivity contribution in [2.24, 2.45) is 5.92 Å². The first kappa shape index (κ1) is 18.5. The zero-order valence-corrected chi connectivity index (χ0v) is 16.1. The van der Waals surface area contributed by atoms with Gasteiger partial charge in [0.1, 0.15) is 18.7 Å². The van der Waals surface area contributed by atoms with Crippen molar-refractivity contribution in [2.45, 2.75) is 37.7 Å². The molecule has 29 heavy (non-hydrogen) atoms. The summed E-state index contributed by atoms with van der Waals surface area (Å²) in [6.45, 7) is 1.36. The number of fused-ring (bicyclic) bond motifs is 3. The van der Waals surface area contributed by atoms with Gasteiger partial charge in [-0.25, -0.2) is 4.98 Å². The molecule has 4 unspecified atom stereocenters. The Morgan fingerprint density at radius 2 is 2.14 bits per heavy atom. The topological polar surface area (TPSA) is 95.6 Å². The van der Waals surface area contributed by atoms with Crippen LogP contribution in [-0.2, 0) is 14.3 Å². The van der Waals surface area contributed by atoms with Gasteiger partial charge >= 0.3 is 0 Å². The van der Waals surface area contributed by atoms with Crippen LogP contribution in [0.5, 0.6) is 0 Å². The molecule has 0 spiro atoms. The number of carbonyl (C=O) groups is 2. The van der Waals surface area contributed by atoms with Gasteiger partial charge in [-0.1, -0.05) is 18.2 Å². The number of nitrogens with zero attached hydrogens (tertiary/aromatic N) is 2. The fourth-order valence-corrected chi connectivity index (χ4v) is 4.69. The minimum atomic E-state index is -0.189. The highest BCUT2D eigenvalue weighted by Gasteiger charge is 2.42. The summed E-state index contributed by atoms with van der Waals surface area (Å²) in [5.41, 5.74) is 0.850. The largest absolute Gasteiger partial charge is 0.368 e. The Morgan fingerprint density at radius 3 is 3.07 bits per heavy atom. The Morgan fingerprint density at radius 1 is 1.24 bits per heavy atom. The molecule has 4 atom stereocenters. The fourth-order valence-electron chi connectivity index (χ4n) is 4.69. The third kappa shape index (κ3) is 3.96. The Bertz CT molecular complexity index is 935. The molecule has 3 heterocycles. The summed E-state index contributed by atoms with van der Waals surface area (Å²) in [5, 5.41) is 10.4. The number of anilines is 1. The van der Waals surface area contributed by atoms with Gasteiger partial charge in [0.2, 0.25) is 5.91 Å². The Hall–Kier alpha value is -2.55. The van der Waals surface area contributed by atoms with Gasteiger partial charge in [0, 0.05) is 18.0 Å². The lowest BCUT2D eigenvalue weighted by Gasteiger charge is -2.45. The molecule has 2 amide bonds.